The first kappa shape index (κ1) is 20.2. The number of carbonyl (C=O) groups is 2. The van der Waals surface area contributed by atoms with Crippen LogP contribution in [0.4, 0.5) is 0 Å². The van der Waals surface area contributed by atoms with Gasteiger partial charge in [0.05, 0.1) is 10.5 Å². The van der Waals surface area contributed by atoms with Gasteiger partial charge in [-0.05, 0) is 67.1 Å². The van der Waals surface area contributed by atoms with Gasteiger partial charge < -0.3 is 4.74 Å². The summed E-state index contributed by atoms with van der Waals surface area (Å²) < 4.78 is 30.3. The van der Waals surface area contributed by atoms with Crippen LogP contribution in [0.15, 0.2) is 47.4 Å². The van der Waals surface area contributed by atoms with Crippen LogP contribution in [-0.2, 0) is 27.6 Å². The molecular weight excluding hydrogens is 378 g/mol. The van der Waals surface area contributed by atoms with Crippen LogP contribution in [-0.4, -0.2) is 45.2 Å². The summed E-state index contributed by atoms with van der Waals surface area (Å²) in [6.45, 7) is -0.352. The average Bonchev–Trinajstić information content (AvgIpc) is 2.71. The Morgan fingerprint density at radius 3 is 2.18 bits per heavy atom. The Morgan fingerprint density at radius 2 is 1.54 bits per heavy atom. The summed E-state index contributed by atoms with van der Waals surface area (Å²) in [5, 5.41) is 0. The molecule has 2 aromatic rings. The summed E-state index contributed by atoms with van der Waals surface area (Å²) in [7, 11) is -0.693. The summed E-state index contributed by atoms with van der Waals surface area (Å²) in [5.74, 6) is -0.923. The van der Waals surface area contributed by atoms with Gasteiger partial charge in [0.15, 0.2) is 12.4 Å². The Hall–Kier alpha value is -2.51. The van der Waals surface area contributed by atoms with Gasteiger partial charge >= 0.3 is 5.97 Å². The number of hydrogen-bond donors (Lipinski definition) is 0. The van der Waals surface area contributed by atoms with E-state index >= 15 is 0 Å². The number of ketones is 1. The third-order valence-electron chi connectivity index (χ3n) is 4.87. The number of benzene rings is 2. The molecule has 0 fully saturated rings. The number of carbonyl (C=O) groups excluding carboxylic acids is 2. The predicted molar refractivity (Wildman–Crippen MR) is 105 cm³/mol. The molecule has 0 saturated heterocycles. The third kappa shape index (κ3) is 4.31. The minimum Gasteiger partial charge on any atom is -0.454 e. The fraction of sp³-hybridized carbons (Fsp3) is 0.333. The van der Waals surface area contributed by atoms with Crippen LogP contribution in [0.3, 0.4) is 0 Å². The van der Waals surface area contributed by atoms with E-state index in [0.29, 0.717) is 5.56 Å². The Kier molecular flexibility index (Phi) is 5.96. The van der Waals surface area contributed by atoms with E-state index in [4.69, 9.17) is 4.74 Å². The van der Waals surface area contributed by atoms with Gasteiger partial charge in [-0.3, -0.25) is 4.79 Å². The van der Waals surface area contributed by atoms with Gasteiger partial charge in [0, 0.05) is 19.7 Å². The van der Waals surface area contributed by atoms with E-state index in [2.05, 4.69) is 0 Å². The highest BCUT2D eigenvalue weighted by molar-refractivity contribution is 7.89. The fourth-order valence-electron chi connectivity index (χ4n) is 3.18. The molecule has 0 aliphatic heterocycles. The van der Waals surface area contributed by atoms with Crippen molar-refractivity contribution in [1.82, 2.24) is 4.31 Å². The van der Waals surface area contributed by atoms with Crippen LogP contribution in [0.1, 0.15) is 44.7 Å². The molecule has 0 amide bonds. The number of sulfonamides is 1. The molecule has 0 N–H and O–H groups in total. The Bertz CT molecular complexity index is 994. The van der Waals surface area contributed by atoms with Crippen molar-refractivity contribution >= 4 is 21.8 Å². The lowest BCUT2D eigenvalue weighted by molar-refractivity contribution is 0.0474. The number of hydrogen-bond acceptors (Lipinski definition) is 5. The lowest BCUT2D eigenvalue weighted by Gasteiger charge is -2.16. The number of nitrogens with zero attached hydrogens (tertiary/aromatic N) is 1. The smallest absolute Gasteiger partial charge is 0.338 e. The topological polar surface area (TPSA) is 80.8 Å². The van der Waals surface area contributed by atoms with E-state index in [1.54, 1.807) is 6.07 Å². The Labute approximate surface area is 165 Å². The molecule has 7 heteroatoms. The molecule has 3 rings (SSSR count). The van der Waals surface area contributed by atoms with Gasteiger partial charge in [0.1, 0.15) is 0 Å². The van der Waals surface area contributed by atoms with Gasteiger partial charge in [0.25, 0.3) is 0 Å². The molecular formula is C21H23NO5S. The van der Waals surface area contributed by atoms with Crippen molar-refractivity contribution in [3.8, 4) is 0 Å². The monoisotopic (exact) mass is 401 g/mol. The van der Waals surface area contributed by atoms with Crippen molar-refractivity contribution in [2.45, 2.75) is 30.6 Å². The van der Waals surface area contributed by atoms with Crippen LogP contribution in [0, 0.1) is 0 Å². The third-order valence-corrected chi connectivity index (χ3v) is 6.70. The van der Waals surface area contributed by atoms with Crippen molar-refractivity contribution in [1.29, 1.82) is 0 Å². The van der Waals surface area contributed by atoms with Crippen molar-refractivity contribution < 1.29 is 22.7 Å². The van der Waals surface area contributed by atoms with Gasteiger partial charge in [-0.1, -0.05) is 12.1 Å². The first-order valence-electron chi connectivity index (χ1n) is 9.14. The van der Waals surface area contributed by atoms with Crippen LogP contribution >= 0.6 is 0 Å². The van der Waals surface area contributed by atoms with Crippen molar-refractivity contribution in [3.05, 3.63) is 64.7 Å². The normalized spacial score (nSPS) is 13.8. The molecule has 0 unspecified atom stereocenters. The Balaban J connectivity index is 1.63. The molecule has 2 aromatic carbocycles. The maximum Gasteiger partial charge on any atom is 0.338 e. The summed E-state index contributed by atoms with van der Waals surface area (Å²) >= 11 is 0. The molecule has 6 nitrogen and oxygen atoms in total. The molecule has 1 aliphatic rings. The maximum absolute atomic E-state index is 12.4. The lowest BCUT2D eigenvalue weighted by Crippen LogP contribution is -2.22. The van der Waals surface area contributed by atoms with E-state index in [-0.39, 0.29) is 22.8 Å². The van der Waals surface area contributed by atoms with Gasteiger partial charge in [-0.25, -0.2) is 17.5 Å². The fourth-order valence-corrected chi connectivity index (χ4v) is 4.08. The number of ether oxygens (including phenoxy) is 1. The first-order chi connectivity index (χ1) is 13.3. The molecule has 28 heavy (non-hydrogen) atoms. The zero-order chi connectivity index (χ0) is 20.3. The molecule has 0 atom stereocenters. The molecule has 1 aliphatic carbocycles. The molecule has 0 bridgehead atoms. The standard InChI is InChI=1S/C21H23NO5S/c1-22(2)28(25,26)19-11-9-16(10-12-19)21(24)27-14-20(23)18-8-7-15-5-3-4-6-17(15)13-18/h7-13H,3-6,14H2,1-2H3. The zero-order valence-electron chi connectivity index (χ0n) is 16.0. The van der Waals surface area contributed by atoms with E-state index in [9.17, 15) is 18.0 Å². The van der Waals surface area contributed by atoms with Crippen LogP contribution in [0.25, 0.3) is 0 Å². The second kappa shape index (κ2) is 8.24. The lowest BCUT2D eigenvalue weighted by atomic mass is 9.90. The van der Waals surface area contributed by atoms with Gasteiger partial charge in [-0.2, -0.15) is 0 Å². The van der Waals surface area contributed by atoms with E-state index in [1.165, 1.54) is 55.9 Å². The number of esters is 1. The van der Waals surface area contributed by atoms with E-state index < -0.39 is 16.0 Å². The summed E-state index contributed by atoms with van der Waals surface area (Å²) in [6.07, 6.45) is 4.31. The van der Waals surface area contributed by atoms with E-state index in [0.717, 1.165) is 23.6 Å². The first-order valence-corrected chi connectivity index (χ1v) is 10.6. The van der Waals surface area contributed by atoms with Crippen LogP contribution in [0.2, 0.25) is 0 Å². The molecule has 148 valence electrons. The quantitative estimate of drug-likeness (QED) is 0.549. The number of fused-ring (bicyclic) bond motifs is 1. The zero-order valence-corrected chi connectivity index (χ0v) is 16.8. The van der Waals surface area contributed by atoms with Gasteiger partial charge in [0.2, 0.25) is 10.0 Å². The number of aryl methyl sites for hydroxylation is 2. The molecule has 0 aromatic heterocycles. The van der Waals surface area contributed by atoms with Crippen LogP contribution < -0.4 is 0 Å². The second-order valence-corrected chi connectivity index (χ2v) is 9.15. The number of rotatable bonds is 6. The van der Waals surface area contributed by atoms with Gasteiger partial charge in [-0.15, -0.1) is 0 Å². The molecule has 0 spiro atoms. The summed E-state index contributed by atoms with van der Waals surface area (Å²) in [6, 6.07) is 11.1. The minimum absolute atomic E-state index is 0.0826. The summed E-state index contributed by atoms with van der Waals surface area (Å²) in [5.41, 5.74) is 3.21. The maximum atomic E-state index is 12.4. The van der Waals surface area contributed by atoms with Crippen LogP contribution in [0.5, 0.6) is 0 Å². The average molecular weight is 401 g/mol. The SMILES string of the molecule is CN(C)S(=O)(=O)c1ccc(C(=O)OCC(=O)c2ccc3c(c2)CCCC3)cc1. The highest BCUT2D eigenvalue weighted by atomic mass is 32.2. The van der Waals surface area contributed by atoms with Crippen molar-refractivity contribution in [2.75, 3.05) is 20.7 Å². The Morgan fingerprint density at radius 1 is 0.929 bits per heavy atom. The van der Waals surface area contributed by atoms with E-state index in [1.807, 2.05) is 12.1 Å². The largest absolute Gasteiger partial charge is 0.454 e. The molecule has 0 heterocycles. The predicted octanol–water partition coefficient (Wildman–Crippen LogP) is 2.86. The number of Topliss-reactive ketones (excluding diaryl/α,β-unsaturated/α-hetero) is 1. The highest BCUT2D eigenvalue weighted by Gasteiger charge is 2.19. The molecule has 0 radical (unpaired) electrons. The molecule has 0 saturated carbocycles. The summed E-state index contributed by atoms with van der Waals surface area (Å²) in [4.78, 5) is 24.6. The minimum atomic E-state index is -3.56. The highest BCUT2D eigenvalue weighted by Crippen LogP contribution is 2.22. The second-order valence-electron chi connectivity index (χ2n) is 7.00. The van der Waals surface area contributed by atoms with Crippen molar-refractivity contribution in [2.24, 2.45) is 0 Å². The van der Waals surface area contributed by atoms with Crippen molar-refractivity contribution in [3.63, 3.8) is 0 Å².